The molecule has 0 bridgehead atoms. The molecular weight excluding hydrogens is 126 g/mol. The first-order chi connectivity index (χ1) is 4.72. The number of nitrogens with two attached hydrogens (primary N) is 1. The highest BCUT2D eigenvalue weighted by molar-refractivity contribution is 5.93. The molecule has 0 aromatic rings. The second kappa shape index (κ2) is 5.18. The van der Waals surface area contributed by atoms with Gasteiger partial charge in [0, 0.05) is 0 Å². The Hall–Kier alpha value is -0.630. The van der Waals surface area contributed by atoms with E-state index in [1.807, 2.05) is 0 Å². The maximum absolute atomic E-state index is 10.8. The third-order valence-electron chi connectivity index (χ3n) is 1.44. The van der Waals surface area contributed by atoms with Crippen molar-refractivity contribution >= 4 is 5.78 Å². The van der Waals surface area contributed by atoms with Crippen molar-refractivity contribution in [1.29, 1.82) is 0 Å². The zero-order chi connectivity index (χ0) is 7.98. The van der Waals surface area contributed by atoms with Gasteiger partial charge in [0.15, 0.2) is 5.78 Å². The van der Waals surface area contributed by atoms with Crippen LogP contribution < -0.4 is 5.73 Å². The average Bonchev–Trinajstić information content (AvgIpc) is 1.98. The van der Waals surface area contributed by atoms with Crippen molar-refractivity contribution in [2.24, 2.45) is 5.73 Å². The molecule has 0 radical (unpaired) electrons. The van der Waals surface area contributed by atoms with Crippen LogP contribution in [0.15, 0.2) is 12.7 Å². The van der Waals surface area contributed by atoms with Crippen molar-refractivity contribution in [1.82, 2.24) is 0 Å². The van der Waals surface area contributed by atoms with Crippen LogP contribution in [-0.2, 0) is 4.79 Å². The maximum atomic E-state index is 10.8. The Morgan fingerprint density at radius 3 is 2.80 bits per heavy atom. The molecule has 0 aliphatic carbocycles. The molecule has 0 saturated heterocycles. The van der Waals surface area contributed by atoms with Gasteiger partial charge in [0.05, 0.1) is 6.04 Å². The van der Waals surface area contributed by atoms with Crippen LogP contribution in [0, 0.1) is 0 Å². The number of carbonyl (C=O) groups is 1. The summed E-state index contributed by atoms with van der Waals surface area (Å²) in [5.41, 5.74) is 5.49. The number of carbonyl (C=O) groups excluding carboxylic acids is 1. The molecule has 0 aliphatic heterocycles. The largest absolute Gasteiger partial charge is 0.321 e. The van der Waals surface area contributed by atoms with E-state index in [1.165, 1.54) is 6.08 Å². The van der Waals surface area contributed by atoms with Gasteiger partial charge in [-0.15, -0.1) is 0 Å². The van der Waals surface area contributed by atoms with Crippen molar-refractivity contribution < 1.29 is 4.79 Å². The van der Waals surface area contributed by atoms with Gasteiger partial charge in [-0.1, -0.05) is 26.3 Å². The summed E-state index contributed by atoms with van der Waals surface area (Å²) in [6, 6.07) is -0.322. The van der Waals surface area contributed by atoms with Crippen LogP contribution in [0.25, 0.3) is 0 Å². The first-order valence-corrected chi connectivity index (χ1v) is 3.64. The van der Waals surface area contributed by atoms with Crippen LogP contribution in [0.2, 0.25) is 0 Å². The Labute approximate surface area is 62.1 Å². The molecule has 0 fully saturated rings. The van der Waals surface area contributed by atoms with Crippen molar-refractivity contribution in [2.45, 2.75) is 32.2 Å². The van der Waals surface area contributed by atoms with Gasteiger partial charge in [0.25, 0.3) is 0 Å². The number of hydrogen-bond donors (Lipinski definition) is 1. The molecule has 10 heavy (non-hydrogen) atoms. The summed E-state index contributed by atoms with van der Waals surface area (Å²) in [6.45, 7) is 5.43. The number of unbranched alkanes of at least 4 members (excludes halogenated alkanes) is 1. The van der Waals surface area contributed by atoms with Crippen molar-refractivity contribution in [3.05, 3.63) is 12.7 Å². The molecule has 0 aromatic heterocycles. The van der Waals surface area contributed by atoms with E-state index in [-0.39, 0.29) is 11.8 Å². The van der Waals surface area contributed by atoms with E-state index in [9.17, 15) is 4.79 Å². The summed E-state index contributed by atoms with van der Waals surface area (Å²) in [5, 5.41) is 0. The van der Waals surface area contributed by atoms with Crippen LogP contribution >= 0.6 is 0 Å². The monoisotopic (exact) mass is 141 g/mol. The van der Waals surface area contributed by atoms with Crippen molar-refractivity contribution in [3.63, 3.8) is 0 Å². The lowest BCUT2D eigenvalue weighted by molar-refractivity contribution is -0.115. The fourth-order valence-corrected chi connectivity index (χ4v) is 0.718. The third kappa shape index (κ3) is 3.41. The topological polar surface area (TPSA) is 43.1 Å². The molecule has 1 atom stereocenters. The molecule has 0 aromatic carbocycles. The molecule has 2 nitrogen and oxygen atoms in total. The van der Waals surface area contributed by atoms with Gasteiger partial charge in [-0.05, 0) is 12.5 Å². The van der Waals surface area contributed by atoms with Crippen molar-refractivity contribution in [3.8, 4) is 0 Å². The second-order valence-corrected chi connectivity index (χ2v) is 2.36. The predicted octanol–water partition coefficient (Wildman–Crippen LogP) is 1.26. The summed E-state index contributed by atoms with van der Waals surface area (Å²) >= 11 is 0. The Morgan fingerprint density at radius 1 is 1.80 bits per heavy atom. The van der Waals surface area contributed by atoms with Crippen LogP contribution in [0.5, 0.6) is 0 Å². The molecule has 0 saturated carbocycles. The molecule has 2 N–H and O–H groups in total. The molecule has 0 rings (SSSR count). The Bertz CT molecular complexity index is 120. The molecule has 0 heterocycles. The average molecular weight is 141 g/mol. The van der Waals surface area contributed by atoms with Gasteiger partial charge in [-0.2, -0.15) is 0 Å². The summed E-state index contributed by atoms with van der Waals surface area (Å²) < 4.78 is 0. The fraction of sp³-hybridized carbons (Fsp3) is 0.625. The zero-order valence-corrected chi connectivity index (χ0v) is 6.47. The molecule has 1 unspecified atom stereocenters. The first kappa shape index (κ1) is 9.37. The highest BCUT2D eigenvalue weighted by Crippen LogP contribution is 1.98. The number of rotatable bonds is 5. The maximum Gasteiger partial charge on any atom is 0.171 e. The smallest absolute Gasteiger partial charge is 0.171 e. The van der Waals surface area contributed by atoms with E-state index in [1.54, 1.807) is 0 Å². The summed E-state index contributed by atoms with van der Waals surface area (Å²) in [7, 11) is 0. The second-order valence-electron chi connectivity index (χ2n) is 2.36. The quantitative estimate of drug-likeness (QED) is 0.586. The minimum Gasteiger partial charge on any atom is -0.321 e. The molecule has 0 spiro atoms. The molecular formula is C8H15NO. The Kier molecular flexibility index (Phi) is 4.85. The van der Waals surface area contributed by atoms with Gasteiger partial charge in [0.1, 0.15) is 0 Å². The van der Waals surface area contributed by atoms with Crippen LogP contribution in [-0.4, -0.2) is 11.8 Å². The van der Waals surface area contributed by atoms with Crippen LogP contribution in [0.1, 0.15) is 26.2 Å². The molecule has 58 valence electrons. The molecule has 0 amide bonds. The van der Waals surface area contributed by atoms with E-state index >= 15 is 0 Å². The van der Waals surface area contributed by atoms with Crippen LogP contribution in [0.3, 0.4) is 0 Å². The Morgan fingerprint density at radius 2 is 2.40 bits per heavy atom. The highest BCUT2D eigenvalue weighted by atomic mass is 16.1. The van der Waals surface area contributed by atoms with E-state index in [0.717, 1.165) is 19.3 Å². The third-order valence-corrected chi connectivity index (χ3v) is 1.44. The summed E-state index contributed by atoms with van der Waals surface area (Å²) in [5.74, 6) is -0.0477. The minimum absolute atomic E-state index is 0.0477. The normalized spacial score (nSPS) is 12.6. The molecule has 0 aliphatic rings. The zero-order valence-electron chi connectivity index (χ0n) is 6.47. The van der Waals surface area contributed by atoms with Gasteiger partial charge in [0.2, 0.25) is 0 Å². The van der Waals surface area contributed by atoms with Crippen LogP contribution in [0.4, 0.5) is 0 Å². The summed E-state index contributed by atoms with van der Waals surface area (Å²) in [6.07, 6.45) is 4.17. The molecule has 2 heteroatoms. The SMILES string of the molecule is C=CC(=O)C(N)CCCC. The van der Waals surface area contributed by atoms with Gasteiger partial charge in [-0.3, -0.25) is 4.79 Å². The minimum atomic E-state index is -0.322. The first-order valence-electron chi connectivity index (χ1n) is 3.64. The van der Waals surface area contributed by atoms with Gasteiger partial charge < -0.3 is 5.73 Å². The van der Waals surface area contributed by atoms with E-state index in [4.69, 9.17) is 5.73 Å². The number of ketones is 1. The Balaban J connectivity index is 3.51. The standard InChI is InChI=1S/C8H15NO/c1-3-5-6-7(9)8(10)4-2/h4,7H,2-3,5-6,9H2,1H3. The van der Waals surface area contributed by atoms with Gasteiger partial charge in [-0.25, -0.2) is 0 Å². The van der Waals surface area contributed by atoms with E-state index in [2.05, 4.69) is 13.5 Å². The summed E-state index contributed by atoms with van der Waals surface area (Å²) in [4.78, 5) is 10.8. The number of hydrogen-bond acceptors (Lipinski definition) is 2. The lowest BCUT2D eigenvalue weighted by Crippen LogP contribution is -2.28. The predicted molar refractivity (Wildman–Crippen MR) is 42.7 cm³/mol. The lowest BCUT2D eigenvalue weighted by atomic mass is 10.1. The van der Waals surface area contributed by atoms with E-state index < -0.39 is 0 Å². The lowest BCUT2D eigenvalue weighted by Gasteiger charge is -2.04. The highest BCUT2D eigenvalue weighted by Gasteiger charge is 2.07. The van der Waals surface area contributed by atoms with E-state index in [0.29, 0.717) is 0 Å². The fourth-order valence-electron chi connectivity index (χ4n) is 0.718. The van der Waals surface area contributed by atoms with Gasteiger partial charge >= 0.3 is 0 Å². The van der Waals surface area contributed by atoms with Crippen molar-refractivity contribution in [2.75, 3.05) is 0 Å².